The lowest BCUT2D eigenvalue weighted by atomic mass is 9.96. The van der Waals surface area contributed by atoms with Crippen LogP contribution in [-0.4, -0.2) is 85.5 Å². The van der Waals surface area contributed by atoms with E-state index in [2.05, 4.69) is 68.9 Å². The second-order valence-corrected chi connectivity index (χ2v) is 13.7. The maximum absolute atomic E-state index is 13.8. The van der Waals surface area contributed by atoms with Crippen LogP contribution in [0.5, 0.6) is 0 Å². The zero-order valence-electron chi connectivity index (χ0n) is 29.3. The second-order valence-electron chi connectivity index (χ2n) is 13.7. The predicted molar refractivity (Wildman–Crippen MR) is 194 cm³/mol. The highest BCUT2D eigenvalue weighted by atomic mass is 16.5. The summed E-state index contributed by atoms with van der Waals surface area (Å²) in [5, 5.41) is 6.91. The van der Waals surface area contributed by atoms with Gasteiger partial charge in [0.2, 0.25) is 11.8 Å². The number of aromatic amines is 1. The number of aromatic nitrogens is 4. The number of nitrogens with zero attached hydrogens (tertiary/aromatic N) is 6. The van der Waals surface area contributed by atoms with Gasteiger partial charge in [-0.05, 0) is 59.6 Å². The number of aliphatic imine (C=N–C) groups is 1. The van der Waals surface area contributed by atoms with Crippen molar-refractivity contribution in [3.05, 3.63) is 90.8 Å². The van der Waals surface area contributed by atoms with E-state index in [-0.39, 0.29) is 36.4 Å². The first kappa shape index (κ1) is 34.0. The number of amides is 3. The minimum atomic E-state index is -0.810. The zero-order valence-corrected chi connectivity index (χ0v) is 29.3. The number of ether oxygens (including phenoxy) is 1. The Labute approximate surface area is 297 Å². The molecule has 3 aliphatic rings. The molecule has 5 heterocycles. The molecule has 2 saturated heterocycles. The first-order chi connectivity index (χ1) is 24.8. The number of rotatable bonds is 10. The van der Waals surface area contributed by atoms with Crippen molar-refractivity contribution in [1.29, 1.82) is 0 Å². The van der Waals surface area contributed by atoms with Crippen molar-refractivity contribution in [3.8, 4) is 22.4 Å². The lowest BCUT2D eigenvalue weighted by Crippen LogP contribution is -2.53. The van der Waals surface area contributed by atoms with Gasteiger partial charge in [0.15, 0.2) is 0 Å². The summed E-state index contributed by atoms with van der Waals surface area (Å²) in [7, 11) is 1.29. The van der Waals surface area contributed by atoms with Crippen molar-refractivity contribution in [1.82, 2.24) is 34.9 Å². The highest BCUT2D eigenvalue weighted by Crippen LogP contribution is 2.34. The Morgan fingerprint density at radius 2 is 1.55 bits per heavy atom. The third-order valence-electron chi connectivity index (χ3n) is 10.1. The number of imidazole rings is 1. The van der Waals surface area contributed by atoms with Crippen LogP contribution in [0.1, 0.15) is 63.4 Å². The van der Waals surface area contributed by atoms with Crippen LogP contribution in [0.4, 0.5) is 4.79 Å². The van der Waals surface area contributed by atoms with Crippen molar-refractivity contribution in [3.63, 3.8) is 0 Å². The summed E-state index contributed by atoms with van der Waals surface area (Å²) in [6.45, 7) is 5.48. The summed E-state index contributed by atoms with van der Waals surface area (Å²) >= 11 is 0. The van der Waals surface area contributed by atoms with E-state index in [1.165, 1.54) is 7.11 Å². The first-order valence-corrected chi connectivity index (χ1v) is 17.7. The summed E-state index contributed by atoms with van der Waals surface area (Å²) < 4.78 is 6.43. The molecule has 12 nitrogen and oxygen atoms in total. The minimum absolute atomic E-state index is 0.00307. The molecule has 2 aromatic heterocycles. The molecule has 0 aliphatic carbocycles. The van der Waals surface area contributed by atoms with Gasteiger partial charge in [-0.1, -0.05) is 62.4 Å². The number of hydrogen-bond donors (Lipinski definition) is 2. The van der Waals surface area contributed by atoms with E-state index in [1.54, 1.807) is 23.1 Å². The summed E-state index contributed by atoms with van der Waals surface area (Å²) in [5.74, 6) is 0.829. The molecule has 0 saturated carbocycles. The average Bonchev–Trinajstić information content (AvgIpc) is 4.00. The lowest BCUT2D eigenvalue weighted by Gasteiger charge is -2.29. The van der Waals surface area contributed by atoms with Crippen LogP contribution in [0.3, 0.4) is 0 Å². The Morgan fingerprint density at radius 1 is 0.902 bits per heavy atom. The van der Waals surface area contributed by atoms with Gasteiger partial charge >= 0.3 is 6.09 Å². The van der Waals surface area contributed by atoms with Crippen molar-refractivity contribution in [2.75, 3.05) is 20.2 Å². The molecule has 0 unspecified atom stereocenters. The van der Waals surface area contributed by atoms with Crippen molar-refractivity contribution >= 4 is 29.2 Å². The number of benzene rings is 2. The minimum Gasteiger partial charge on any atom is -0.453 e. The highest BCUT2D eigenvalue weighted by molar-refractivity contribution is 6.03. The smallest absolute Gasteiger partial charge is 0.407 e. The quantitative estimate of drug-likeness (QED) is 0.214. The van der Waals surface area contributed by atoms with Crippen LogP contribution < -0.4 is 5.32 Å². The SMILES string of the molecule is COC(=O)N[C@@H](Cn1cccn1)C(=O)N1CCC[C@H]1C1=NC=C(c2ccc(-c3ccc(-c4cnc([C@@H]5CCCN5C(=O)C(C)C)[nH]4)cc3)cc2)C1. The maximum Gasteiger partial charge on any atom is 0.407 e. The standard InChI is InChI=1S/C39H44N8O4/c1-25(2)37(48)47-20-5-8-35(47)36-41-23-32(43-36)29-15-13-27(14-16-29)26-9-11-28(12-10-26)30-21-31(40-22-30)34-7-4-19-46(34)38(49)33(44-39(50)51-3)24-45-18-6-17-42-45/h6,9-18,22-23,25,33-35H,4-5,7-8,19-21,24H2,1-3H3,(H,41,43)(H,44,50)/t33-,34-,35-/m0/s1. The van der Waals surface area contributed by atoms with Crippen LogP contribution in [0.25, 0.3) is 28.0 Å². The molecule has 3 aliphatic heterocycles. The number of carbonyl (C=O) groups is 3. The molecule has 3 amide bonds. The third-order valence-corrected chi connectivity index (χ3v) is 10.1. The summed E-state index contributed by atoms with van der Waals surface area (Å²) in [4.78, 5) is 55.3. The summed E-state index contributed by atoms with van der Waals surface area (Å²) in [6.07, 6.45) is 10.8. The normalized spacial score (nSPS) is 19.3. The Kier molecular flexibility index (Phi) is 9.83. The monoisotopic (exact) mass is 688 g/mol. The largest absolute Gasteiger partial charge is 0.453 e. The van der Waals surface area contributed by atoms with Gasteiger partial charge in [0.05, 0.1) is 37.6 Å². The number of allylic oxidation sites excluding steroid dienone is 1. The van der Waals surface area contributed by atoms with Crippen LogP contribution in [0.15, 0.2) is 84.4 Å². The molecular formula is C39H44N8O4. The Balaban J connectivity index is 0.975. The fourth-order valence-electron chi connectivity index (χ4n) is 7.41. The van der Waals surface area contributed by atoms with Crippen LogP contribution in [0.2, 0.25) is 0 Å². The number of hydrogen-bond acceptors (Lipinski definition) is 7. The Bertz CT molecular complexity index is 1930. The fraction of sp³-hybridized carbons (Fsp3) is 0.385. The highest BCUT2D eigenvalue weighted by Gasteiger charge is 2.38. The molecule has 2 N–H and O–H groups in total. The fourth-order valence-corrected chi connectivity index (χ4v) is 7.41. The lowest BCUT2D eigenvalue weighted by molar-refractivity contribution is -0.135. The van der Waals surface area contributed by atoms with E-state index < -0.39 is 12.1 Å². The average molecular weight is 689 g/mol. The molecule has 51 heavy (non-hydrogen) atoms. The van der Waals surface area contributed by atoms with Crippen LogP contribution in [-0.2, 0) is 20.9 Å². The number of carbonyl (C=O) groups excluding carboxylic acids is 3. The molecule has 264 valence electrons. The van der Waals surface area contributed by atoms with E-state index >= 15 is 0 Å². The second kappa shape index (κ2) is 14.8. The van der Waals surface area contributed by atoms with Gasteiger partial charge in [0.1, 0.15) is 11.9 Å². The van der Waals surface area contributed by atoms with Gasteiger partial charge < -0.3 is 24.8 Å². The van der Waals surface area contributed by atoms with Gasteiger partial charge in [-0.2, -0.15) is 5.10 Å². The molecular weight excluding hydrogens is 644 g/mol. The Hall–Kier alpha value is -5.52. The summed E-state index contributed by atoms with van der Waals surface area (Å²) in [6, 6.07) is 17.8. The zero-order chi connectivity index (χ0) is 35.5. The van der Waals surface area contributed by atoms with Gasteiger partial charge in [-0.25, -0.2) is 9.78 Å². The molecule has 0 bridgehead atoms. The first-order valence-electron chi connectivity index (χ1n) is 17.7. The van der Waals surface area contributed by atoms with Crippen LogP contribution >= 0.6 is 0 Å². The van der Waals surface area contributed by atoms with E-state index in [4.69, 9.17) is 9.73 Å². The number of methoxy groups -OCH3 is 1. The van der Waals surface area contributed by atoms with Crippen molar-refractivity contribution < 1.29 is 19.1 Å². The van der Waals surface area contributed by atoms with E-state index in [1.807, 2.05) is 36.0 Å². The van der Waals surface area contributed by atoms with E-state index in [0.717, 1.165) is 77.3 Å². The summed E-state index contributed by atoms with van der Waals surface area (Å²) in [5.41, 5.74) is 7.36. The molecule has 7 rings (SSSR count). The molecule has 2 fully saturated rings. The van der Waals surface area contributed by atoms with Crippen LogP contribution in [0, 0.1) is 5.92 Å². The van der Waals surface area contributed by atoms with Gasteiger partial charge in [0, 0.05) is 49.7 Å². The Morgan fingerprint density at radius 3 is 2.20 bits per heavy atom. The van der Waals surface area contributed by atoms with Crippen molar-refractivity contribution in [2.45, 2.75) is 70.6 Å². The van der Waals surface area contributed by atoms with Gasteiger partial charge in [-0.15, -0.1) is 0 Å². The van der Waals surface area contributed by atoms with Crippen molar-refractivity contribution in [2.24, 2.45) is 10.9 Å². The number of nitrogens with one attached hydrogen (secondary N) is 2. The number of H-pyrrole nitrogens is 1. The molecule has 0 radical (unpaired) electrons. The van der Waals surface area contributed by atoms with E-state index in [9.17, 15) is 14.4 Å². The molecule has 0 spiro atoms. The molecule has 12 heteroatoms. The predicted octanol–water partition coefficient (Wildman–Crippen LogP) is 5.86. The number of likely N-dealkylation sites (tertiary alicyclic amines) is 2. The van der Waals surface area contributed by atoms with Gasteiger partial charge in [-0.3, -0.25) is 19.3 Å². The van der Waals surface area contributed by atoms with E-state index in [0.29, 0.717) is 13.0 Å². The molecule has 2 aromatic carbocycles. The molecule has 4 aromatic rings. The molecule has 3 atom stereocenters. The third kappa shape index (κ3) is 7.21. The maximum atomic E-state index is 13.8. The topological polar surface area (TPSA) is 138 Å². The number of alkyl carbamates (subject to hydrolysis) is 1. The van der Waals surface area contributed by atoms with Gasteiger partial charge in [0.25, 0.3) is 0 Å².